The molecule has 0 atom stereocenters. The summed E-state index contributed by atoms with van der Waals surface area (Å²) in [5, 5.41) is 29.6. The number of phenols is 1. The Bertz CT molecular complexity index is 3020. The Morgan fingerprint density at radius 2 is 1.02 bits per heavy atom. The standard InChI is InChI=1S/C47H29N5O2/c53-41-25-24-36(38-19-10-26-48-44(38)41)42-34-16-7-8-17-35(34)43(33-18-9-21-40-32(33)20-11-27-52(40)54)39-28-31(22-23-37(39)42)47-50-45(29-12-3-1-4-13-29)49-46(51-47)30-14-5-2-6-15-30/h1-28,53H. The third kappa shape index (κ3) is 5.10. The zero-order valence-electron chi connectivity index (χ0n) is 28.8. The van der Waals surface area contributed by atoms with Crippen molar-refractivity contribution in [2.75, 3.05) is 0 Å². The topological polar surface area (TPSA) is 98.7 Å². The first-order valence-corrected chi connectivity index (χ1v) is 17.7. The number of benzene rings is 7. The first-order valence-electron chi connectivity index (χ1n) is 17.7. The number of aromatic hydroxyl groups is 1. The molecule has 7 heteroatoms. The van der Waals surface area contributed by atoms with Crippen molar-refractivity contribution in [3.05, 3.63) is 175 Å². The van der Waals surface area contributed by atoms with Crippen LogP contribution >= 0.6 is 0 Å². The van der Waals surface area contributed by atoms with Crippen LogP contribution < -0.4 is 4.73 Å². The van der Waals surface area contributed by atoms with Gasteiger partial charge in [0.2, 0.25) is 5.52 Å². The molecule has 10 rings (SSSR count). The van der Waals surface area contributed by atoms with Gasteiger partial charge in [0, 0.05) is 40.4 Å². The summed E-state index contributed by atoms with van der Waals surface area (Å²) in [5.74, 6) is 1.83. The smallest absolute Gasteiger partial charge is 0.224 e. The van der Waals surface area contributed by atoms with Gasteiger partial charge in [-0.3, -0.25) is 4.98 Å². The van der Waals surface area contributed by atoms with E-state index in [1.54, 1.807) is 18.3 Å². The minimum absolute atomic E-state index is 0.127. The number of hydrogen-bond donors (Lipinski definition) is 1. The Hall–Kier alpha value is -7.51. The van der Waals surface area contributed by atoms with Crippen LogP contribution in [-0.4, -0.2) is 25.0 Å². The molecule has 0 radical (unpaired) electrons. The molecule has 0 aliphatic rings. The van der Waals surface area contributed by atoms with Gasteiger partial charge in [-0.25, -0.2) is 15.0 Å². The molecule has 3 aromatic heterocycles. The predicted octanol–water partition coefficient (Wildman–Crippen LogP) is 10.6. The highest BCUT2D eigenvalue weighted by atomic mass is 16.5. The lowest BCUT2D eigenvalue weighted by atomic mass is 9.83. The van der Waals surface area contributed by atoms with Crippen LogP contribution in [-0.2, 0) is 0 Å². The summed E-state index contributed by atoms with van der Waals surface area (Å²) in [4.78, 5) is 19.6. The van der Waals surface area contributed by atoms with E-state index in [1.165, 1.54) is 6.20 Å². The molecule has 0 saturated carbocycles. The number of rotatable bonds is 5. The van der Waals surface area contributed by atoms with Gasteiger partial charge >= 0.3 is 0 Å². The predicted molar refractivity (Wildman–Crippen MR) is 215 cm³/mol. The fourth-order valence-corrected chi connectivity index (χ4v) is 7.65. The van der Waals surface area contributed by atoms with Gasteiger partial charge in [0.25, 0.3) is 0 Å². The van der Waals surface area contributed by atoms with Crippen LogP contribution in [0.2, 0.25) is 0 Å². The van der Waals surface area contributed by atoms with Crippen LogP contribution in [0.25, 0.3) is 99.8 Å². The molecule has 0 bridgehead atoms. The van der Waals surface area contributed by atoms with Crippen molar-refractivity contribution in [2.45, 2.75) is 0 Å². The highest BCUT2D eigenvalue weighted by molar-refractivity contribution is 6.25. The summed E-state index contributed by atoms with van der Waals surface area (Å²) in [7, 11) is 0. The molecule has 3 heterocycles. The van der Waals surface area contributed by atoms with Crippen molar-refractivity contribution in [2.24, 2.45) is 0 Å². The highest BCUT2D eigenvalue weighted by Gasteiger charge is 2.22. The van der Waals surface area contributed by atoms with Gasteiger partial charge in [0.15, 0.2) is 23.7 Å². The normalized spacial score (nSPS) is 11.5. The van der Waals surface area contributed by atoms with Crippen LogP contribution in [0.15, 0.2) is 170 Å². The summed E-state index contributed by atoms with van der Waals surface area (Å²) >= 11 is 0. The van der Waals surface area contributed by atoms with Gasteiger partial charge in [-0.05, 0) is 74.1 Å². The second kappa shape index (κ2) is 12.6. The van der Waals surface area contributed by atoms with Crippen LogP contribution in [0.4, 0.5) is 0 Å². The highest BCUT2D eigenvalue weighted by Crippen LogP contribution is 2.47. The summed E-state index contributed by atoms with van der Waals surface area (Å²) in [5.41, 5.74) is 7.61. The molecule has 54 heavy (non-hydrogen) atoms. The van der Waals surface area contributed by atoms with Crippen LogP contribution in [0.3, 0.4) is 0 Å². The van der Waals surface area contributed by atoms with E-state index in [4.69, 9.17) is 15.0 Å². The second-order valence-corrected chi connectivity index (χ2v) is 13.2. The Morgan fingerprint density at radius 3 is 1.72 bits per heavy atom. The Labute approximate surface area is 309 Å². The van der Waals surface area contributed by atoms with Gasteiger partial charge in [-0.15, -0.1) is 0 Å². The van der Waals surface area contributed by atoms with E-state index in [0.717, 1.165) is 76.0 Å². The average Bonchev–Trinajstić information content (AvgIpc) is 3.24. The van der Waals surface area contributed by atoms with E-state index in [0.29, 0.717) is 28.5 Å². The summed E-state index contributed by atoms with van der Waals surface area (Å²) in [6, 6.07) is 51.9. The molecule has 7 nitrogen and oxygen atoms in total. The van der Waals surface area contributed by atoms with Crippen molar-refractivity contribution < 1.29 is 9.84 Å². The first kappa shape index (κ1) is 31.2. The Morgan fingerprint density at radius 1 is 0.444 bits per heavy atom. The van der Waals surface area contributed by atoms with Gasteiger partial charge in [-0.1, -0.05) is 115 Å². The molecule has 0 spiro atoms. The van der Waals surface area contributed by atoms with E-state index >= 15 is 0 Å². The summed E-state index contributed by atoms with van der Waals surface area (Å²) in [6.07, 6.45) is 3.23. The molecule has 0 aliphatic heterocycles. The maximum absolute atomic E-state index is 13.1. The lowest BCUT2D eigenvalue weighted by Crippen LogP contribution is -2.25. The largest absolute Gasteiger partial charge is 0.618 e. The molecular weight excluding hydrogens is 667 g/mol. The maximum Gasteiger partial charge on any atom is 0.224 e. The minimum Gasteiger partial charge on any atom is -0.618 e. The van der Waals surface area contributed by atoms with Crippen molar-refractivity contribution in [1.82, 2.24) is 19.9 Å². The van der Waals surface area contributed by atoms with Crippen LogP contribution in [0, 0.1) is 5.21 Å². The number of phenolic OH excluding ortho intramolecular Hbond substituents is 1. The Kier molecular flexibility index (Phi) is 7.30. The third-order valence-electron chi connectivity index (χ3n) is 10.1. The molecule has 1 N–H and O–H groups in total. The molecule has 7 aromatic carbocycles. The van der Waals surface area contributed by atoms with Crippen molar-refractivity contribution in [1.29, 1.82) is 0 Å². The Balaban J connectivity index is 1.34. The fourth-order valence-electron chi connectivity index (χ4n) is 7.65. The van der Waals surface area contributed by atoms with E-state index < -0.39 is 0 Å². The molecular formula is C47H29N5O2. The quantitative estimate of drug-likeness (QED) is 0.109. The summed E-state index contributed by atoms with van der Waals surface area (Å²) in [6.45, 7) is 0. The van der Waals surface area contributed by atoms with E-state index in [-0.39, 0.29) is 5.75 Å². The van der Waals surface area contributed by atoms with Gasteiger partial charge in [0.05, 0.1) is 5.39 Å². The third-order valence-corrected chi connectivity index (χ3v) is 10.1. The number of hydrogen-bond acceptors (Lipinski definition) is 6. The molecule has 0 saturated heterocycles. The van der Waals surface area contributed by atoms with Crippen molar-refractivity contribution in [3.63, 3.8) is 0 Å². The lowest BCUT2D eigenvalue weighted by Gasteiger charge is -2.20. The number of nitrogens with zero attached hydrogens (tertiary/aromatic N) is 5. The average molecular weight is 696 g/mol. The van der Waals surface area contributed by atoms with Crippen molar-refractivity contribution in [3.8, 4) is 62.2 Å². The lowest BCUT2D eigenvalue weighted by molar-refractivity contribution is -0.577. The van der Waals surface area contributed by atoms with Crippen LogP contribution in [0.5, 0.6) is 5.75 Å². The number of fused-ring (bicyclic) bond motifs is 4. The zero-order chi connectivity index (χ0) is 36.2. The molecule has 0 fully saturated rings. The fraction of sp³-hybridized carbons (Fsp3) is 0. The monoisotopic (exact) mass is 695 g/mol. The van der Waals surface area contributed by atoms with E-state index in [9.17, 15) is 10.3 Å². The minimum atomic E-state index is 0.127. The molecule has 254 valence electrons. The molecule has 0 aliphatic carbocycles. The first-order chi connectivity index (χ1) is 26.6. The van der Waals surface area contributed by atoms with Crippen LogP contribution in [0.1, 0.15) is 0 Å². The molecule has 10 aromatic rings. The molecule has 0 amide bonds. The van der Waals surface area contributed by atoms with Gasteiger partial charge < -0.3 is 10.3 Å². The maximum atomic E-state index is 13.1. The number of pyridine rings is 2. The van der Waals surface area contributed by atoms with Gasteiger partial charge in [-0.2, -0.15) is 4.73 Å². The zero-order valence-corrected chi connectivity index (χ0v) is 28.8. The SMILES string of the molecule is [O-][n+]1cccc2c(-c3c4ccccc4c(-c4ccc(O)c5ncccc45)c4ccc(-c5nc(-c6ccccc6)nc(-c6ccccc6)n5)cc34)cccc21. The van der Waals surface area contributed by atoms with Gasteiger partial charge in [0.1, 0.15) is 11.3 Å². The second-order valence-electron chi connectivity index (χ2n) is 13.2. The van der Waals surface area contributed by atoms with E-state index in [2.05, 4.69) is 41.4 Å². The molecule has 0 unspecified atom stereocenters. The van der Waals surface area contributed by atoms with E-state index in [1.807, 2.05) is 109 Å². The summed E-state index contributed by atoms with van der Waals surface area (Å²) < 4.78 is 0.916. The number of aromatic nitrogens is 5. The van der Waals surface area contributed by atoms with Crippen molar-refractivity contribution >= 4 is 43.4 Å².